The molecule has 0 saturated carbocycles. The Morgan fingerprint density at radius 1 is 1.14 bits per heavy atom. The van der Waals surface area contributed by atoms with Crippen LogP contribution >= 0.6 is 11.9 Å². The first-order valence-corrected chi connectivity index (χ1v) is 10.1. The summed E-state index contributed by atoms with van der Waals surface area (Å²) < 4.78 is 16.5. The zero-order chi connectivity index (χ0) is 20.1. The summed E-state index contributed by atoms with van der Waals surface area (Å²) in [6.45, 7) is 1.90. The van der Waals surface area contributed by atoms with E-state index in [4.69, 9.17) is 5.26 Å². The van der Waals surface area contributed by atoms with E-state index in [2.05, 4.69) is 21.8 Å². The smallest absolute Gasteiger partial charge is 0.329 e. The van der Waals surface area contributed by atoms with Crippen molar-refractivity contribution in [2.24, 2.45) is 5.73 Å². The number of amides is 2. The average Bonchev–Trinajstić information content (AvgIpc) is 3.32. The van der Waals surface area contributed by atoms with Crippen molar-refractivity contribution >= 4 is 23.7 Å². The highest BCUT2D eigenvalue weighted by molar-refractivity contribution is 7.98. The third-order valence-electron chi connectivity index (χ3n) is 5.05. The Hall–Kier alpha value is -2.72. The minimum atomic E-state index is -0.322. The van der Waals surface area contributed by atoms with Crippen LogP contribution in [-0.2, 0) is 25.7 Å². The number of benzene rings is 2. The highest BCUT2D eigenvalue weighted by atomic mass is 32.2. The molecule has 0 radical (unpaired) electrons. The van der Waals surface area contributed by atoms with Crippen molar-refractivity contribution < 1.29 is 9.18 Å². The van der Waals surface area contributed by atoms with Crippen LogP contribution in [0.4, 0.5) is 14.9 Å². The van der Waals surface area contributed by atoms with E-state index in [1.807, 2.05) is 6.92 Å². The van der Waals surface area contributed by atoms with Crippen molar-refractivity contribution in [3.05, 3.63) is 57.9 Å². The van der Waals surface area contributed by atoms with Crippen LogP contribution < -0.4 is 15.8 Å². The zero-order valence-corrected chi connectivity index (χ0v) is 16.6. The first kappa shape index (κ1) is 20.0. The fraction of sp³-hybridized carbons (Fsp3) is 0.333. The number of nitrogens with two attached hydrogens (primary N) is 1. The molecule has 5 nitrogen and oxygen atoms in total. The van der Waals surface area contributed by atoms with Crippen LogP contribution in [0, 0.1) is 24.2 Å². The number of rotatable bonds is 3. The lowest BCUT2D eigenvalue weighted by Crippen LogP contribution is -2.24. The number of carbonyl (C=O) groups is 1. The second kappa shape index (κ2) is 8.98. The molecule has 2 aromatic rings. The number of hydrogen-bond acceptors (Lipinski definition) is 4. The van der Waals surface area contributed by atoms with E-state index < -0.39 is 0 Å². The van der Waals surface area contributed by atoms with Crippen LogP contribution in [0.3, 0.4) is 0 Å². The summed E-state index contributed by atoms with van der Waals surface area (Å²) in [7, 11) is 0. The van der Waals surface area contributed by atoms with Crippen LogP contribution in [0.1, 0.15) is 40.7 Å². The Balaban J connectivity index is 0.000000706. The molecule has 0 aromatic heterocycles. The monoisotopic (exact) mass is 398 g/mol. The molecule has 4 N–H and O–H groups in total. The molecule has 2 aliphatic rings. The molecule has 2 aromatic carbocycles. The highest BCUT2D eigenvalue weighted by Crippen LogP contribution is 2.38. The number of carbonyl (C=O) groups excluding carboxylic acids is 1. The van der Waals surface area contributed by atoms with Crippen molar-refractivity contribution in [2.75, 3.05) is 5.32 Å². The van der Waals surface area contributed by atoms with Crippen molar-refractivity contribution in [3.63, 3.8) is 0 Å². The summed E-state index contributed by atoms with van der Waals surface area (Å²) >= 11 is 1.02. The minimum Gasteiger partial charge on any atom is -0.337 e. The molecule has 0 fully saturated rings. The van der Waals surface area contributed by atoms with E-state index in [-0.39, 0.29) is 11.8 Å². The number of hydrogen-bond donors (Lipinski definition) is 3. The van der Waals surface area contributed by atoms with Gasteiger partial charge in [0.2, 0.25) is 0 Å². The van der Waals surface area contributed by atoms with Crippen LogP contribution in [0.25, 0.3) is 0 Å². The number of fused-ring (bicyclic) bond motifs is 2. The summed E-state index contributed by atoms with van der Waals surface area (Å²) in [6, 6.07) is 6.92. The second-order valence-electron chi connectivity index (χ2n) is 6.96. The van der Waals surface area contributed by atoms with Gasteiger partial charge < -0.3 is 11.1 Å². The van der Waals surface area contributed by atoms with E-state index in [0.717, 1.165) is 61.7 Å². The van der Waals surface area contributed by atoms with Gasteiger partial charge in [-0.15, -0.1) is 0 Å². The molecule has 0 unspecified atom stereocenters. The summed E-state index contributed by atoms with van der Waals surface area (Å²) in [5.74, 6) is -0.322. The van der Waals surface area contributed by atoms with Gasteiger partial charge in [0.05, 0.1) is 4.90 Å². The first-order valence-electron chi connectivity index (χ1n) is 9.29. The molecule has 0 saturated heterocycles. The van der Waals surface area contributed by atoms with Gasteiger partial charge in [0.25, 0.3) is 0 Å². The Labute approximate surface area is 168 Å². The standard InChI is InChI=1S/C20H21FN2OS.CH2N2/c1-12-8-9-17(21)18(10-12)25-23-20(24)22-19-15-6-2-4-13(15)11-14-5-3-7-16(14)19;2-1-3/h8-11H,2-7H2,1H3,(H2,22,23,24);2H2. The van der Waals surface area contributed by atoms with Crippen molar-refractivity contribution in [1.29, 1.82) is 5.26 Å². The van der Waals surface area contributed by atoms with Crippen molar-refractivity contribution in [2.45, 2.75) is 50.3 Å². The number of nitriles is 1. The Bertz CT molecular complexity index is 907. The summed E-state index contributed by atoms with van der Waals surface area (Å²) in [4.78, 5) is 12.8. The summed E-state index contributed by atoms with van der Waals surface area (Å²) in [5, 5.41) is 10.2. The Kier molecular flexibility index (Phi) is 6.42. The molecule has 28 heavy (non-hydrogen) atoms. The number of urea groups is 1. The Morgan fingerprint density at radius 2 is 1.75 bits per heavy atom. The number of halogens is 1. The molecule has 0 heterocycles. The van der Waals surface area contributed by atoms with Gasteiger partial charge in [-0.05, 0) is 97.3 Å². The van der Waals surface area contributed by atoms with E-state index in [9.17, 15) is 9.18 Å². The lowest BCUT2D eigenvalue weighted by atomic mass is 9.99. The predicted octanol–water partition coefficient (Wildman–Crippen LogP) is 4.37. The summed E-state index contributed by atoms with van der Waals surface area (Å²) in [5.41, 5.74) is 11.5. The lowest BCUT2D eigenvalue weighted by Gasteiger charge is -2.16. The fourth-order valence-corrected chi connectivity index (χ4v) is 4.56. The van der Waals surface area contributed by atoms with E-state index in [1.165, 1.54) is 34.5 Å². The maximum Gasteiger partial charge on any atom is 0.329 e. The maximum atomic E-state index is 13.8. The molecule has 7 heteroatoms. The molecular formula is C21H23FN4OS. The number of anilines is 1. The van der Waals surface area contributed by atoms with E-state index in [0.29, 0.717) is 4.90 Å². The first-order chi connectivity index (χ1) is 13.5. The third kappa shape index (κ3) is 4.39. The quantitative estimate of drug-likeness (QED) is 0.407. The molecule has 4 rings (SSSR count). The number of aryl methyl sites for hydroxylation is 3. The highest BCUT2D eigenvalue weighted by Gasteiger charge is 2.25. The summed E-state index contributed by atoms with van der Waals surface area (Å²) in [6.07, 6.45) is 7.80. The van der Waals surface area contributed by atoms with Gasteiger partial charge in [-0.1, -0.05) is 12.1 Å². The third-order valence-corrected chi connectivity index (χ3v) is 5.87. The lowest BCUT2D eigenvalue weighted by molar-refractivity contribution is 0.257. The largest absolute Gasteiger partial charge is 0.337 e. The van der Waals surface area contributed by atoms with Gasteiger partial charge in [0.15, 0.2) is 6.19 Å². The SMILES string of the molecule is Cc1ccc(F)c(SNC(=O)Nc2c3c(cc4c2CCC4)CCC3)c1.N#CN. The van der Waals surface area contributed by atoms with Gasteiger partial charge in [-0.25, -0.2) is 9.18 Å². The molecular weight excluding hydrogens is 375 g/mol. The maximum absolute atomic E-state index is 13.8. The molecule has 2 aliphatic carbocycles. The number of nitrogens with one attached hydrogen (secondary N) is 2. The average molecular weight is 399 g/mol. The molecule has 0 bridgehead atoms. The molecule has 0 spiro atoms. The normalized spacial score (nSPS) is 13.6. The van der Waals surface area contributed by atoms with Crippen LogP contribution in [0.15, 0.2) is 29.2 Å². The molecule has 0 atom stereocenters. The van der Waals surface area contributed by atoms with Crippen molar-refractivity contribution in [3.8, 4) is 6.19 Å². The van der Waals surface area contributed by atoms with Crippen LogP contribution in [-0.4, -0.2) is 6.03 Å². The predicted molar refractivity (Wildman–Crippen MR) is 109 cm³/mol. The van der Waals surface area contributed by atoms with Gasteiger partial charge in [0, 0.05) is 5.69 Å². The van der Waals surface area contributed by atoms with Gasteiger partial charge in [-0.3, -0.25) is 4.72 Å². The van der Waals surface area contributed by atoms with Crippen molar-refractivity contribution in [1.82, 2.24) is 4.72 Å². The molecule has 0 aliphatic heterocycles. The van der Waals surface area contributed by atoms with Gasteiger partial charge in [0.1, 0.15) is 5.82 Å². The van der Waals surface area contributed by atoms with Gasteiger partial charge >= 0.3 is 6.03 Å². The van der Waals surface area contributed by atoms with Gasteiger partial charge in [-0.2, -0.15) is 5.26 Å². The second-order valence-corrected chi connectivity index (χ2v) is 7.80. The molecule has 146 valence electrons. The van der Waals surface area contributed by atoms with E-state index >= 15 is 0 Å². The topological polar surface area (TPSA) is 90.9 Å². The Morgan fingerprint density at radius 3 is 2.36 bits per heavy atom. The zero-order valence-electron chi connectivity index (χ0n) is 15.8. The number of nitrogens with zero attached hydrogens (tertiary/aromatic N) is 1. The fourth-order valence-electron chi connectivity index (χ4n) is 3.90. The van der Waals surface area contributed by atoms with Crippen LogP contribution in [0.2, 0.25) is 0 Å². The molecule has 2 amide bonds. The minimum absolute atomic E-state index is 0.291. The van der Waals surface area contributed by atoms with Crippen LogP contribution in [0.5, 0.6) is 0 Å². The van der Waals surface area contributed by atoms with E-state index in [1.54, 1.807) is 12.1 Å².